The van der Waals surface area contributed by atoms with Crippen LogP contribution in [0.3, 0.4) is 0 Å². The van der Waals surface area contributed by atoms with Crippen LogP contribution in [0.25, 0.3) is 10.9 Å². The fraction of sp³-hybridized carbons (Fsp3) is 0.742. The molecule has 1 amide bonds. The molecule has 7 rings (SSSR count). The normalized spacial score (nSPS) is 26.5. The number of nitrogens with zero attached hydrogens (tertiary/aromatic N) is 6. The van der Waals surface area contributed by atoms with E-state index >= 15 is 4.39 Å². The highest BCUT2D eigenvalue weighted by Gasteiger charge is 2.51. The number of fused-ring (bicyclic) bond motifs is 5. The largest absolute Gasteiger partial charge is 0.477 e. The van der Waals surface area contributed by atoms with Gasteiger partial charge in [-0.25, -0.2) is 9.18 Å². The molecule has 44 heavy (non-hydrogen) atoms. The minimum atomic E-state index is -0.725. The van der Waals surface area contributed by atoms with Gasteiger partial charge >= 0.3 is 12.1 Å². The number of hydrogen-bond acceptors (Lipinski definition) is 10. The van der Waals surface area contributed by atoms with Crippen LogP contribution in [-0.4, -0.2) is 107 Å². The minimum Gasteiger partial charge on any atom is -0.477 e. The van der Waals surface area contributed by atoms with Crippen molar-refractivity contribution < 1.29 is 28.1 Å². The van der Waals surface area contributed by atoms with E-state index < -0.39 is 11.4 Å². The molecule has 13 heteroatoms. The second-order valence-corrected chi connectivity index (χ2v) is 14.5. The maximum atomic E-state index is 15.6. The minimum absolute atomic E-state index is 0.0349. The summed E-state index contributed by atoms with van der Waals surface area (Å²) < 4.78 is 39.3. The Balaban J connectivity index is 1.18. The predicted octanol–water partition coefficient (Wildman–Crippen LogP) is 4.83. The number of ether oxygens (including phenoxy) is 4. The first-order valence-corrected chi connectivity index (χ1v) is 16.3. The molecule has 0 N–H and O–H groups in total. The molecule has 2 aromatic heterocycles. The quantitative estimate of drug-likeness (QED) is 0.412. The van der Waals surface area contributed by atoms with Gasteiger partial charge < -0.3 is 28.7 Å². The molecule has 5 aliphatic rings. The summed E-state index contributed by atoms with van der Waals surface area (Å²) in [6.07, 6.45) is 6.55. The number of piperazine rings is 1. The van der Waals surface area contributed by atoms with Gasteiger partial charge in [0, 0.05) is 45.1 Å². The van der Waals surface area contributed by atoms with Gasteiger partial charge in [0.2, 0.25) is 5.88 Å². The summed E-state index contributed by atoms with van der Waals surface area (Å²) in [5.41, 5.74) is -0.523. The molecule has 3 atom stereocenters. The second-order valence-electron chi connectivity index (χ2n) is 14.1. The second kappa shape index (κ2) is 11.3. The van der Waals surface area contributed by atoms with E-state index in [1.165, 1.54) is 0 Å². The van der Waals surface area contributed by atoms with Gasteiger partial charge in [0.05, 0.1) is 37.4 Å². The number of carbonyl (C=O) groups is 1. The average Bonchev–Trinajstić information content (AvgIpc) is 3.66. The first kappa shape index (κ1) is 30.0. The van der Waals surface area contributed by atoms with Crippen molar-refractivity contribution in [2.24, 2.45) is 5.41 Å². The van der Waals surface area contributed by atoms with Crippen molar-refractivity contribution in [3.05, 3.63) is 11.0 Å². The summed E-state index contributed by atoms with van der Waals surface area (Å²) in [6.45, 7) is 9.91. The molecule has 0 unspecified atom stereocenters. The Morgan fingerprint density at radius 3 is 2.57 bits per heavy atom. The van der Waals surface area contributed by atoms with E-state index in [-0.39, 0.29) is 52.2 Å². The Morgan fingerprint density at radius 2 is 1.86 bits per heavy atom. The van der Waals surface area contributed by atoms with Crippen molar-refractivity contribution in [3.63, 3.8) is 0 Å². The number of likely N-dealkylation sites (tertiary alicyclic amines) is 1. The molecule has 6 heterocycles. The number of anilines is 1. The van der Waals surface area contributed by atoms with Crippen LogP contribution in [0.1, 0.15) is 65.7 Å². The summed E-state index contributed by atoms with van der Waals surface area (Å²) in [7, 11) is 1.78. The lowest BCUT2D eigenvalue weighted by Gasteiger charge is -2.48. The van der Waals surface area contributed by atoms with E-state index in [0.29, 0.717) is 43.5 Å². The number of aromatic nitrogens is 3. The van der Waals surface area contributed by atoms with Crippen LogP contribution in [0, 0.1) is 11.2 Å². The highest BCUT2D eigenvalue weighted by atomic mass is 35.5. The molecule has 4 aliphatic heterocycles. The van der Waals surface area contributed by atoms with Gasteiger partial charge in [-0.1, -0.05) is 11.6 Å². The van der Waals surface area contributed by atoms with Gasteiger partial charge in [-0.3, -0.25) is 4.90 Å². The third-order valence-corrected chi connectivity index (χ3v) is 10.1. The van der Waals surface area contributed by atoms with Crippen LogP contribution in [0.5, 0.6) is 11.9 Å². The number of halogens is 2. The molecule has 240 valence electrons. The third kappa shape index (κ3) is 5.62. The predicted molar refractivity (Wildman–Crippen MR) is 162 cm³/mol. The molecule has 0 radical (unpaired) electrons. The van der Waals surface area contributed by atoms with E-state index in [4.69, 9.17) is 35.5 Å². The number of rotatable bonds is 6. The monoisotopic (exact) mass is 632 g/mol. The maximum Gasteiger partial charge on any atom is 0.410 e. The Bertz CT molecular complexity index is 1430. The topological polar surface area (TPSA) is 102 Å². The Kier molecular flexibility index (Phi) is 7.68. The molecule has 1 aliphatic carbocycles. The SMILES string of the molecule is COC1CCN(CC2(COc3nc4c5c(nc(Cl)c(F)c5n3)OCC[C@@H]3[C@@H]5CC[C@H](CN43)N5C(=O)OC(C)(C)C)CC2)CC1. The van der Waals surface area contributed by atoms with Gasteiger partial charge in [0.1, 0.15) is 22.3 Å². The summed E-state index contributed by atoms with van der Waals surface area (Å²) >= 11 is 6.23. The van der Waals surface area contributed by atoms with Crippen LogP contribution in [-0.2, 0) is 9.47 Å². The molecule has 1 saturated carbocycles. The first-order chi connectivity index (χ1) is 21.0. The van der Waals surface area contributed by atoms with Crippen LogP contribution < -0.4 is 14.4 Å². The van der Waals surface area contributed by atoms with Crippen molar-refractivity contribution in [3.8, 4) is 11.9 Å². The lowest BCUT2D eigenvalue weighted by Crippen LogP contribution is -2.62. The molecule has 11 nitrogen and oxygen atoms in total. The Hall–Kier alpha value is -2.70. The average molecular weight is 633 g/mol. The third-order valence-electron chi connectivity index (χ3n) is 9.89. The number of pyridine rings is 1. The smallest absolute Gasteiger partial charge is 0.410 e. The lowest BCUT2D eigenvalue weighted by molar-refractivity contribution is 0.00635. The number of carbonyl (C=O) groups excluding carboxylic acids is 1. The molecular formula is C31H42ClFN6O5. The molecule has 3 saturated heterocycles. The molecule has 0 spiro atoms. The zero-order valence-corrected chi connectivity index (χ0v) is 26.7. The van der Waals surface area contributed by atoms with Gasteiger partial charge in [-0.2, -0.15) is 15.0 Å². The highest BCUT2D eigenvalue weighted by molar-refractivity contribution is 6.30. The van der Waals surface area contributed by atoms with E-state index in [1.54, 1.807) is 7.11 Å². The standard InChI is InChI=1S/C31H42ClFN6O5/c1-30(2,3)44-29(40)39-18-5-6-21(39)20-9-14-42-27-22-24(23(33)25(32)35-27)34-28(36-26(22)38(20)15-18)43-17-31(10-11-31)16-37-12-7-19(41-4)8-13-37/h18-21H,5-17H2,1-4H3/t18-,20-,21+/m1/s1. The van der Waals surface area contributed by atoms with E-state index in [1.807, 2.05) is 25.7 Å². The molecular weight excluding hydrogens is 591 g/mol. The molecule has 2 bridgehead atoms. The fourth-order valence-corrected chi connectivity index (χ4v) is 7.65. The molecule has 0 aromatic carbocycles. The van der Waals surface area contributed by atoms with Crippen LogP contribution in [0.15, 0.2) is 0 Å². The van der Waals surface area contributed by atoms with E-state index in [2.05, 4.69) is 19.8 Å². The number of hydrogen-bond donors (Lipinski definition) is 0. The summed E-state index contributed by atoms with van der Waals surface area (Å²) in [4.78, 5) is 33.6. The van der Waals surface area contributed by atoms with Gasteiger partial charge in [0.25, 0.3) is 0 Å². The van der Waals surface area contributed by atoms with Crippen molar-refractivity contribution in [2.45, 2.75) is 95.5 Å². The number of amides is 1. The Morgan fingerprint density at radius 1 is 1.09 bits per heavy atom. The van der Waals surface area contributed by atoms with Gasteiger partial charge in [-0.05, 0) is 59.3 Å². The van der Waals surface area contributed by atoms with Crippen molar-refractivity contribution in [1.82, 2.24) is 24.8 Å². The lowest BCUT2D eigenvalue weighted by atomic mass is 9.99. The zero-order chi connectivity index (χ0) is 30.8. The summed E-state index contributed by atoms with van der Waals surface area (Å²) in [5, 5.41) is 0.0874. The van der Waals surface area contributed by atoms with Crippen LogP contribution in [0.4, 0.5) is 15.0 Å². The van der Waals surface area contributed by atoms with E-state index in [9.17, 15) is 4.79 Å². The van der Waals surface area contributed by atoms with Crippen molar-refractivity contribution in [1.29, 1.82) is 0 Å². The fourth-order valence-electron chi connectivity index (χ4n) is 7.48. The van der Waals surface area contributed by atoms with Crippen LogP contribution in [0.2, 0.25) is 5.15 Å². The number of methoxy groups -OCH3 is 1. The first-order valence-electron chi connectivity index (χ1n) is 15.9. The Labute approximate surface area is 262 Å². The summed E-state index contributed by atoms with van der Waals surface area (Å²) in [5.74, 6) is 0.00332. The van der Waals surface area contributed by atoms with Gasteiger partial charge in [0.15, 0.2) is 11.0 Å². The van der Waals surface area contributed by atoms with Crippen molar-refractivity contribution >= 4 is 34.4 Å². The van der Waals surface area contributed by atoms with Crippen LogP contribution >= 0.6 is 11.6 Å². The van der Waals surface area contributed by atoms with E-state index in [0.717, 1.165) is 58.2 Å². The highest BCUT2D eigenvalue weighted by Crippen LogP contribution is 2.48. The molecule has 4 fully saturated rings. The zero-order valence-electron chi connectivity index (χ0n) is 26.0. The molecule has 2 aromatic rings. The van der Waals surface area contributed by atoms with Gasteiger partial charge in [-0.15, -0.1) is 0 Å². The summed E-state index contributed by atoms with van der Waals surface area (Å²) in [6, 6.07) is -0.147. The van der Waals surface area contributed by atoms with Crippen molar-refractivity contribution in [2.75, 3.05) is 51.4 Å². The maximum absolute atomic E-state index is 15.6. The number of piperidine rings is 1.